The Balaban J connectivity index is 0. The minimum Gasteiger partial charge on any atom is -0.481 e. The highest BCUT2D eigenvalue weighted by Gasteiger charge is 1.95. The lowest BCUT2D eigenvalue weighted by atomic mass is 10.1. The van der Waals surface area contributed by atoms with E-state index in [0.717, 1.165) is 19.1 Å². The van der Waals surface area contributed by atoms with Crippen molar-refractivity contribution in [1.29, 1.82) is 0 Å². The fourth-order valence-corrected chi connectivity index (χ4v) is 1.17. The van der Waals surface area contributed by atoms with E-state index < -0.39 is 5.97 Å². The van der Waals surface area contributed by atoms with Crippen LogP contribution in [-0.2, 0) is 14.3 Å². The van der Waals surface area contributed by atoms with E-state index in [4.69, 9.17) is 5.11 Å². The Labute approximate surface area is 104 Å². The molecule has 17 heavy (non-hydrogen) atoms. The van der Waals surface area contributed by atoms with Crippen LogP contribution in [0.4, 0.5) is 0 Å². The SMILES string of the molecule is C=COC(C)=O.CCCCCCCCC(=O)O. The number of carboxylic acids is 1. The fraction of sp³-hybridized carbons (Fsp3) is 0.692. The molecule has 0 aromatic heterocycles. The molecule has 0 aliphatic rings. The monoisotopic (exact) mass is 244 g/mol. The second-order valence-electron chi connectivity index (χ2n) is 3.69. The van der Waals surface area contributed by atoms with E-state index in [0.29, 0.717) is 6.42 Å². The minimum absolute atomic E-state index is 0.329. The van der Waals surface area contributed by atoms with E-state index in [1.54, 1.807) is 0 Å². The first-order valence-electron chi connectivity index (χ1n) is 6.04. The lowest BCUT2D eigenvalue weighted by molar-refractivity contribution is -0.137. The van der Waals surface area contributed by atoms with Crippen LogP contribution in [0.3, 0.4) is 0 Å². The molecule has 0 atom stereocenters. The molecule has 0 rings (SSSR count). The van der Waals surface area contributed by atoms with Gasteiger partial charge in [0.05, 0.1) is 6.26 Å². The molecule has 0 spiro atoms. The largest absolute Gasteiger partial charge is 0.481 e. The van der Waals surface area contributed by atoms with Gasteiger partial charge in [0.25, 0.3) is 0 Å². The maximum atomic E-state index is 10.1. The van der Waals surface area contributed by atoms with E-state index in [9.17, 15) is 9.59 Å². The zero-order valence-corrected chi connectivity index (χ0v) is 10.9. The van der Waals surface area contributed by atoms with Gasteiger partial charge in [-0.3, -0.25) is 9.59 Å². The molecule has 4 heteroatoms. The molecular formula is C13H24O4. The first-order valence-corrected chi connectivity index (χ1v) is 6.04. The van der Waals surface area contributed by atoms with Gasteiger partial charge in [-0.2, -0.15) is 0 Å². The number of carbonyl (C=O) groups excluding carboxylic acids is 1. The molecule has 0 amide bonds. The van der Waals surface area contributed by atoms with Crippen molar-refractivity contribution in [2.45, 2.75) is 58.8 Å². The van der Waals surface area contributed by atoms with E-state index in [2.05, 4.69) is 18.2 Å². The summed E-state index contributed by atoms with van der Waals surface area (Å²) < 4.78 is 4.17. The quantitative estimate of drug-likeness (QED) is 0.403. The third kappa shape index (κ3) is 25.2. The Morgan fingerprint density at radius 3 is 2.06 bits per heavy atom. The summed E-state index contributed by atoms with van der Waals surface area (Å²) in [6, 6.07) is 0. The highest BCUT2D eigenvalue weighted by Crippen LogP contribution is 2.06. The molecule has 0 aliphatic heterocycles. The normalized spacial score (nSPS) is 8.82. The Morgan fingerprint density at radius 2 is 1.71 bits per heavy atom. The van der Waals surface area contributed by atoms with Crippen molar-refractivity contribution in [2.75, 3.05) is 0 Å². The van der Waals surface area contributed by atoms with E-state index in [1.807, 2.05) is 0 Å². The van der Waals surface area contributed by atoms with Crippen LogP contribution in [0.15, 0.2) is 12.8 Å². The lowest BCUT2D eigenvalue weighted by Crippen LogP contribution is -1.93. The number of aliphatic carboxylic acids is 1. The molecule has 0 aliphatic carbocycles. The number of ether oxygens (including phenoxy) is 1. The van der Waals surface area contributed by atoms with Gasteiger partial charge in [-0.25, -0.2) is 0 Å². The zero-order valence-electron chi connectivity index (χ0n) is 10.9. The smallest absolute Gasteiger partial charge is 0.307 e. The molecule has 0 unspecified atom stereocenters. The highest BCUT2D eigenvalue weighted by atomic mass is 16.5. The first-order chi connectivity index (χ1) is 8.04. The second kappa shape index (κ2) is 14.7. The van der Waals surface area contributed by atoms with Crippen molar-refractivity contribution in [1.82, 2.24) is 0 Å². The number of unbranched alkanes of at least 4 members (excludes halogenated alkanes) is 5. The maximum absolute atomic E-state index is 10.1. The van der Waals surface area contributed by atoms with Crippen LogP contribution < -0.4 is 0 Å². The molecular weight excluding hydrogens is 220 g/mol. The zero-order chi connectivity index (χ0) is 13.5. The number of carboxylic acid groups (broad SMARTS) is 1. The molecule has 4 nitrogen and oxygen atoms in total. The molecule has 0 saturated carbocycles. The van der Waals surface area contributed by atoms with Crippen molar-refractivity contribution < 1.29 is 19.4 Å². The van der Waals surface area contributed by atoms with E-state index in [-0.39, 0.29) is 5.97 Å². The van der Waals surface area contributed by atoms with Crippen molar-refractivity contribution in [3.8, 4) is 0 Å². The topological polar surface area (TPSA) is 63.6 Å². The van der Waals surface area contributed by atoms with Crippen LogP contribution in [0.5, 0.6) is 0 Å². The summed E-state index contributed by atoms with van der Waals surface area (Å²) in [6.45, 7) is 6.66. The lowest BCUT2D eigenvalue weighted by Gasteiger charge is -1.97. The average molecular weight is 244 g/mol. The van der Waals surface area contributed by atoms with Gasteiger partial charge < -0.3 is 9.84 Å². The van der Waals surface area contributed by atoms with Crippen molar-refractivity contribution >= 4 is 11.9 Å². The second-order valence-corrected chi connectivity index (χ2v) is 3.69. The molecule has 0 fully saturated rings. The van der Waals surface area contributed by atoms with Gasteiger partial charge in [0.15, 0.2) is 0 Å². The van der Waals surface area contributed by atoms with Crippen molar-refractivity contribution in [3.05, 3.63) is 12.8 Å². The van der Waals surface area contributed by atoms with Gasteiger partial charge in [-0.05, 0) is 6.42 Å². The van der Waals surface area contributed by atoms with Crippen LogP contribution in [0, 0.1) is 0 Å². The fourth-order valence-electron chi connectivity index (χ4n) is 1.17. The van der Waals surface area contributed by atoms with Gasteiger partial charge in [0.1, 0.15) is 0 Å². The molecule has 0 aromatic rings. The van der Waals surface area contributed by atoms with Crippen LogP contribution in [0.2, 0.25) is 0 Å². The van der Waals surface area contributed by atoms with E-state index >= 15 is 0 Å². The van der Waals surface area contributed by atoms with Crippen LogP contribution >= 0.6 is 0 Å². The Kier molecular flexibility index (Phi) is 15.6. The van der Waals surface area contributed by atoms with Gasteiger partial charge in [0.2, 0.25) is 0 Å². The maximum Gasteiger partial charge on any atom is 0.307 e. The highest BCUT2D eigenvalue weighted by molar-refractivity contribution is 5.66. The number of hydrogen-bond donors (Lipinski definition) is 1. The van der Waals surface area contributed by atoms with Gasteiger partial charge in [-0.1, -0.05) is 45.6 Å². The number of rotatable bonds is 8. The summed E-state index contributed by atoms with van der Waals surface area (Å²) >= 11 is 0. The Bertz CT molecular complexity index is 211. The minimum atomic E-state index is -0.666. The third-order valence-electron chi connectivity index (χ3n) is 1.99. The summed E-state index contributed by atoms with van der Waals surface area (Å²) in [5.74, 6) is -0.995. The predicted octanol–water partition coefficient (Wildman–Crippen LogP) is 3.51. The number of carbonyl (C=O) groups is 2. The van der Waals surface area contributed by atoms with Crippen molar-refractivity contribution in [2.24, 2.45) is 0 Å². The summed E-state index contributed by atoms with van der Waals surface area (Å²) in [5, 5.41) is 8.32. The first kappa shape index (κ1) is 18.1. The predicted molar refractivity (Wildman–Crippen MR) is 67.6 cm³/mol. The summed E-state index contributed by atoms with van der Waals surface area (Å²) in [5.41, 5.74) is 0. The number of esters is 1. The molecule has 0 aromatic carbocycles. The van der Waals surface area contributed by atoms with Gasteiger partial charge in [-0.15, -0.1) is 0 Å². The van der Waals surface area contributed by atoms with E-state index in [1.165, 1.54) is 32.6 Å². The summed E-state index contributed by atoms with van der Waals surface area (Å²) in [4.78, 5) is 19.8. The Morgan fingerprint density at radius 1 is 1.18 bits per heavy atom. The van der Waals surface area contributed by atoms with Crippen molar-refractivity contribution in [3.63, 3.8) is 0 Å². The van der Waals surface area contributed by atoms with Crippen LogP contribution in [-0.4, -0.2) is 17.0 Å². The Hall–Kier alpha value is -1.32. The van der Waals surface area contributed by atoms with Crippen LogP contribution in [0.1, 0.15) is 58.8 Å². The number of hydrogen-bond acceptors (Lipinski definition) is 3. The third-order valence-corrected chi connectivity index (χ3v) is 1.99. The summed E-state index contributed by atoms with van der Waals surface area (Å²) in [7, 11) is 0. The molecule has 1 N–H and O–H groups in total. The van der Waals surface area contributed by atoms with Gasteiger partial charge in [0, 0.05) is 13.3 Å². The average Bonchev–Trinajstić information content (AvgIpc) is 2.23. The van der Waals surface area contributed by atoms with Crippen LogP contribution in [0.25, 0.3) is 0 Å². The molecule has 0 bridgehead atoms. The molecule has 100 valence electrons. The molecule has 0 saturated heterocycles. The molecule has 0 heterocycles. The van der Waals surface area contributed by atoms with Gasteiger partial charge >= 0.3 is 11.9 Å². The molecule has 0 radical (unpaired) electrons. The summed E-state index contributed by atoms with van der Waals surface area (Å²) in [6.07, 6.45) is 8.35. The standard InChI is InChI=1S/C9H18O2.C4H6O2/c1-2-3-4-5-6-7-8-9(10)11;1-3-6-4(2)5/h2-8H2,1H3,(H,10,11);3H,1H2,2H3.